The Labute approximate surface area is 127 Å². The summed E-state index contributed by atoms with van der Waals surface area (Å²) in [5, 5.41) is 5.15. The van der Waals surface area contributed by atoms with Crippen LogP contribution < -0.4 is 15.4 Å². The molecule has 0 aromatic heterocycles. The van der Waals surface area contributed by atoms with Crippen molar-refractivity contribution in [1.82, 2.24) is 0 Å². The Morgan fingerprint density at radius 1 is 1.33 bits per heavy atom. The molecule has 0 bridgehead atoms. The first kappa shape index (κ1) is 15.8. The second-order valence-corrected chi connectivity index (χ2v) is 5.84. The molecule has 1 aliphatic rings. The topological polar surface area (TPSA) is 54.9 Å². The molecule has 1 fully saturated rings. The summed E-state index contributed by atoms with van der Waals surface area (Å²) in [5.41, 5.74) is 0.759. The zero-order chi connectivity index (χ0) is 15.1. The SMILES string of the molecule is CCOc1ccccc1NC(=O)C[NH2+][C@H]1CCCC[C@@H]1C. The van der Waals surface area contributed by atoms with Crippen LogP contribution in [-0.4, -0.2) is 25.1 Å². The largest absolute Gasteiger partial charge is 0.492 e. The molecule has 1 aliphatic carbocycles. The summed E-state index contributed by atoms with van der Waals surface area (Å²) in [6.07, 6.45) is 5.14. The van der Waals surface area contributed by atoms with Crippen LogP contribution in [0.3, 0.4) is 0 Å². The molecule has 1 amide bonds. The van der Waals surface area contributed by atoms with E-state index in [1.54, 1.807) is 0 Å². The molecule has 2 rings (SSSR count). The number of hydrogen-bond donors (Lipinski definition) is 2. The molecular weight excluding hydrogens is 264 g/mol. The van der Waals surface area contributed by atoms with Gasteiger partial charge >= 0.3 is 0 Å². The number of para-hydroxylation sites is 2. The average molecular weight is 291 g/mol. The van der Waals surface area contributed by atoms with Gasteiger partial charge in [0.25, 0.3) is 5.91 Å². The summed E-state index contributed by atoms with van der Waals surface area (Å²) < 4.78 is 5.52. The number of benzene rings is 1. The van der Waals surface area contributed by atoms with Crippen molar-refractivity contribution >= 4 is 11.6 Å². The van der Waals surface area contributed by atoms with Gasteiger partial charge in [0.2, 0.25) is 0 Å². The minimum Gasteiger partial charge on any atom is -0.492 e. The van der Waals surface area contributed by atoms with Gasteiger partial charge in [-0.2, -0.15) is 0 Å². The van der Waals surface area contributed by atoms with E-state index in [2.05, 4.69) is 17.6 Å². The predicted octanol–water partition coefficient (Wildman–Crippen LogP) is 2.17. The third-order valence-electron chi connectivity index (χ3n) is 4.24. The molecule has 2 atom stereocenters. The molecular formula is C17H27N2O2+. The van der Waals surface area contributed by atoms with Gasteiger partial charge in [-0.25, -0.2) is 0 Å². The highest BCUT2D eigenvalue weighted by atomic mass is 16.5. The standard InChI is InChI=1S/C17H26N2O2/c1-3-21-16-11-7-6-10-15(16)19-17(20)12-18-14-9-5-4-8-13(14)2/h6-7,10-11,13-14,18H,3-5,8-9,12H2,1-2H3,(H,19,20)/p+1/t13-,14-/m0/s1. The molecule has 3 N–H and O–H groups in total. The van der Waals surface area contributed by atoms with E-state index < -0.39 is 0 Å². The molecule has 0 radical (unpaired) electrons. The minimum atomic E-state index is 0.0416. The molecule has 1 aromatic carbocycles. The molecule has 0 unspecified atom stereocenters. The molecule has 0 saturated heterocycles. The second kappa shape index (κ2) is 8.03. The first-order valence-electron chi connectivity index (χ1n) is 8.05. The van der Waals surface area contributed by atoms with Crippen LogP contribution >= 0.6 is 0 Å². The van der Waals surface area contributed by atoms with Crippen molar-refractivity contribution in [1.29, 1.82) is 0 Å². The maximum Gasteiger partial charge on any atom is 0.279 e. The predicted molar refractivity (Wildman–Crippen MR) is 84.5 cm³/mol. The van der Waals surface area contributed by atoms with E-state index in [4.69, 9.17) is 4.74 Å². The van der Waals surface area contributed by atoms with Crippen molar-refractivity contribution in [2.24, 2.45) is 5.92 Å². The Bertz CT molecular complexity index is 462. The maximum absolute atomic E-state index is 12.1. The fourth-order valence-electron chi connectivity index (χ4n) is 3.01. The van der Waals surface area contributed by atoms with Crippen LogP contribution in [0.2, 0.25) is 0 Å². The number of ether oxygens (including phenoxy) is 1. The average Bonchev–Trinajstić information content (AvgIpc) is 2.49. The molecule has 0 spiro atoms. The summed E-state index contributed by atoms with van der Waals surface area (Å²) in [6, 6.07) is 8.17. The Morgan fingerprint density at radius 3 is 2.86 bits per heavy atom. The monoisotopic (exact) mass is 291 g/mol. The zero-order valence-corrected chi connectivity index (χ0v) is 13.1. The Balaban J connectivity index is 1.84. The normalized spacial score (nSPS) is 21.8. The van der Waals surface area contributed by atoms with E-state index in [0.717, 1.165) is 11.4 Å². The van der Waals surface area contributed by atoms with Gasteiger partial charge in [0.05, 0.1) is 18.3 Å². The summed E-state index contributed by atoms with van der Waals surface area (Å²) >= 11 is 0. The van der Waals surface area contributed by atoms with Crippen molar-refractivity contribution in [3.8, 4) is 5.75 Å². The van der Waals surface area contributed by atoms with Gasteiger partial charge in [-0.1, -0.05) is 25.5 Å². The van der Waals surface area contributed by atoms with Crippen LogP contribution in [0.5, 0.6) is 5.75 Å². The summed E-state index contributed by atoms with van der Waals surface area (Å²) in [4.78, 5) is 12.1. The number of hydrogen-bond acceptors (Lipinski definition) is 2. The third kappa shape index (κ3) is 4.74. The van der Waals surface area contributed by atoms with Gasteiger partial charge in [-0.3, -0.25) is 4.79 Å². The third-order valence-corrected chi connectivity index (χ3v) is 4.24. The van der Waals surface area contributed by atoms with Crippen molar-refractivity contribution in [3.63, 3.8) is 0 Å². The number of quaternary nitrogens is 1. The Kier molecular flexibility index (Phi) is 6.05. The van der Waals surface area contributed by atoms with E-state index >= 15 is 0 Å². The number of anilines is 1. The first-order valence-corrected chi connectivity index (χ1v) is 8.05. The lowest BCUT2D eigenvalue weighted by Crippen LogP contribution is -2.93. The Hall–Kier alpha value is -1.55. The maximum atomic E-state index is 12.1. The first-order chi connectivity index (χ1) is 10.2. The van der Waals surface area contributed by atoms with Gasteiger partial charge < -0.3 is 15.4 Å². The smallest absolute Gasteiger partial charge is 0.279 e. The fourth-order valence-corrected chi connectivity index (χ4v) is 3.01. The van der Waals surface area contributed by atoms with E-state index in [0.29, 0.717) is 25.1 Å². The number of rotatable bonds is 6. The summed E-state index contributed by atoms with van der Waals surface area (Å²) in [6.45, 7) is 5.31. The fraction of sp³-hybridized carbons (Fsp3) is 0.588. The molecule has 0 heterocycles. The lowest BCUT2D eigenvalue weighted by atomic mass is 9.86. The molecule has 1 saturated carbocycles. The molecule has 0 aliphatic heterocycles. The van der Waals surface area contributed by atoms with Crippen LogP contribution in [-0.2, 0) is 4.79 Å². The lowest BCUT2D eigenvalue weighted by molar-refractivity contribution is -0.687. The molecule has 21 heavy (non-hydrogen) atoms. The van der Waals surface area contributed by atoms with Crippen molar-refractivity contribution in [2.75, 3.05) is 18.5 Å². The van der Waals surface area contributed by atoms with E-state index in [9.17, 15) is 4.79 Å². The van der Waals surface area contributed by atoms with Crippen LogP contribution in [0.15, 0.2) is 24.3 Å². The van der Waals surface area contributed by atoms with Crippen molar-refractivity contribution in [3.05, 3.63) is 24.3 Å². The van der Waals surface area contributed by atoms with Crippen molar-refractivity contribution in [2.45, 2.75) is 45.6 Å². The number of nitrogens with two attached hydrogens (primary N) is 1. The van der Waals surface area contributed by atoms with E-state index in [-0.39, 0.29) is 5.91 Å². The zero-order valence-electron chi connectivity index (χ0n) is 13.1. The highest BCUT2D eigenvalue weighted by Gasteiger charge is 2.24. The quantitative estimate of drug-likeness (QED) is 0.844. The minimum absolute atomic E-state index is 0.0416. The van der Waals surface area contributed by atoms with Crippen LogP contribution in [0, 0.1) is 5.92 Å². The van der Waals surface area contributed by atoms with Crippen LogP contribution in [0.4, 0.5) is 5.69 Å². The molecule has 116 valence electrons. The molecule has 4 nitrogen and oxygen atoms in total. The number of carbonyl (C=O) groups excluding carboxylic acids is 1. The van der Waals surface area contributed by atoms with Crippen LogP contribution in [0.25, 0.3) is 0 Å². The van der Waals surface area contributed by atoms with Gasteiger partial charge in [-0.15, -0.1) is 0 Å². The van der Waals surface area contributed by atoms with E-state index in [1.165, 1.54) is 25.7 Å². The van der Waals surface area contributed by atoms with Gasteiger partial charge in [0.1, 0.15) is 5.75 Å². The molecule has 4 heteroatoms. The van der Waals surface area contributed by atoms with Gasteiger partial charge in [-0.05, 0) is 38.3 Å². The number of nitrogens with one attached hydrogen (secondary N) is 1. The van der Waals surface area contributed by atoms with E-state index in [1.807, 2.05) is 31.2 Å². The number of carbonyl (C=O) groups is 1. The highest BCUT2D eigenvalue weighted by molar-refractivity contribution is 5.92. The second-order valence-electron chi connectivity index (χ2n) is 5.84. The van der Waals surface area contributed by atoms with Gasteiger partial charge in [0, 0.05) is 5.92 Å². The number of amides is 1. The highest BCUT2D eigenvalue weighted by Crippen LogP contribution is 2.23. The lowest BCUT2D eigenvalue weighted by Gasteiger charge is -2.26. The van der Waals surface area contributed by atoms with Crippen molar-refractivity contribution < 1.29 is 14.8 Å². The molecule has 1 aromatic rings. The summed E-state index contributed by atoms with van der Waals surface area (Å²) in [5.74, 6) is 1.49. The Morgan fingerprint density at radius 2 is 2.10 bits per heavy atom. The van der Waals surface area contributed by atoms with Gasteiger partial charge in [0.15, 0.2) is 6.54 Å². The van der Waals surface area contributed by atoms with Crippen LogP contribution in [0.1, 0.15) is 39.5 Å². The summed E-state index contributed by atoms with van der Waals surface area (Å²) in [7, 11) is 0.